The third-order valence-corrected chi connectivity index (χ3v) is 2.64. The van der Waals surface area contributed by atoms with Crippen LogP contribution in [-0.2, 0) is 6.54 Å². The van der Waals surface area contributed by atoms with Crippen LogP contribution in [-0.4, -0.2) is 23.2 Å². The molecular weight excluding hydrogens is 233 g/mol. The van der Waals surface area contributed by atoms with Gasteiger partial charge in [-0.3, -0.25) is 0 Å². The number of ether oxygens (including phenoxy) is 1. The maximum atomic E-state index is 13.5. The van der Waals surface area contributed by atoms with Gasteiger partial charge in [-0.15, -0.1) is 0 Å². The summed E-state index contributed by atoms with van der Waals surface area (Å²) in [5.74, 6) is 0.381. The normalized spacial score (nSPS) is 10.3. The smallest absolute Gasteiger partial charge is 0.146 e. The van der Waals surface area contributed by atoms with Crippen molar-refractivity contribution in [1.82, 2.24) is 9.55 Å². The Morgan fingerprint density at radius 3 is 3.06 bits per heavy atom. The average Bonchev–Trinajstić information content (AvgIpc) is 2.89. The van der Waals surface area contributed by atoms with Crippen LogP contribution in [0, 0.1) is 5.82 Å². The molecule has 4 nitrogen and oxygen atoms in total. The topological polar surface area (TPSA) is 39.1 Å². The van der Waals surface area contributed by atoms with Crippen LogP contribution in [0.15, 0.2) is 36.9 Å². The Hall–Kier alpha value is -2.04. The molecule has 0 amide bonds. The summed E-state index contributed by atoms with van der Waals surface area (Å²) < 4.78 is 20.5. The minimum atomic E-state index is -0.265. The number of hydrogen-bond acceptors (Lipinski definition) is 3. The molecule has 18 heavy (non-hydrogen) atoms. The minimum Gasteiger partial charge on any atom is -0.497 e. The van der Waals surface area contributed by atoms with Crippen LogP contribution >= 0.6 is 0 Å². The second kappa shape index (κ2) is 6.05. The van der Waals surface area contributed by atoms with Gasteiger partial charge in [0, 0.05) is 31.5 Å². The minimum absolute atomic E-state index is 0.265. The zero-order valence-corrected chi connectivity index (χ0v) is 10.3. The van der Waals surface area contributed by atoms with E-state index in [1.54, 1.807) is 31.8 Å². The van der Waals surface area contributed by atoms with Crippen molar-refractivity contribution in [1.29, 1.82) is 0 Å². The van der Waals surface area contributed by atoms with Gasteiger partial charge in [0.2, 0.25) is 0 Å². The second-order valence-electron chi connectivity index (χ2n) is 3.93. The molecule has 0 atom stereocenters. The fourth-order valence-corrected chi connectivity index (χ4v) is 1.67. The summed E-state index contributed by atoms with van der Waals surface area (Å²) in [6.07, 6.45) is 6.32. The lowest BCUT2D eigenvalue weighted by Crippen LogP contribution is -2.07. The molecule has 1 aromatic heterocycles. The van der Waals surface area contributed by atoms with Crippen LogP contribution in [0.25, 0.3) is 0 Å². The number of methoxy groups -OCH3 is 1. The molecule has 1 N–H and O–H groups in total. The molecule has 0 saturated heterocycles. The van der Waals surface area contributed by atoms with Gasteiger partial charge >= 0.3 is 0 Å². The summed E-state index contributed by atoms with van der Waals surface area (Å²) in [6, 6.07) is 4.66. The van der Waals surface area contributed by atoms with Crippen molar-refractivity contribution >= 4 is 5.69 Å². The molecule has 0 radical (unpaired) electrons. The fraction of sp³-hybridized carbons (Fsp3) is 0.308. The maximum Gasteiger partial charge on any atom is 0.146 e. The molecule has 1 heterocycles. The third kappa shape index (κ3) is 3.23. The highest BCUT2D eigenvalue weighted by atomic mass is 19.1. The Labute approximate surface area is 105 Å². The van der Waals surface area contributed by atoms with Gasteiger partial charge in [-0.25, -0.2) is 9.37 Å². The average molecular weight is 249 g/mol. The summed E-state index contributed by atoms with van der Waals surface area (Å²) in [5, 5.41) is 3.06. The Kier molecular flexibility index (Phi) is 4.17. The van der Waals surface area contributed by atoms with Crippen LogP contribution in [0.3, 0.4) is 0 Å². The number of nitrogens with one attached hydrogen (secondary N) is 1. The Morgan fingerprint density at radius 1 is 1.44 bits per heavy atom. The fourth-order valence-electron chi connectivity index (χ4n) is 1.67. The van der Waals surface area contributed by atoms with Gasteiger partial charge in [0.05, 0.1) is 19.1 Å². The van der Waals surface area contributed by atoms with E-state index in [0.717, 1.165) is 13.0 Å². The van der Waals surface area contributed by atoms with Crippen molar-refractivity contribution in [3.63, 3.8) is 0 Å². The number of benzene rings is 1. The lowest BCUT2D eigenvalue weighted by atomic mass is 10.2. The molecule has 2 rings (SSSR count). The van der Waals surface area contributed by atoms with Gasteiger partial charge in [0.15, 0.2) is 0 Å². The first kappa shape index (κ1) is 12.4. The first-order valence-corrected chi connectivity index (χ1v) is 5.83. The third-order valence-electron chi connectivity index (χ3n) is 2.64. The summed E-state index contributed by atoms with van der Waals surface area (Å²) >= 11 is 0. The van der Waals surface area contributed by atoms with Crippen molar-refractivity contribution in [2.75, 3.05) is 19.0 Å². The Bertz CT molecular complexity index is 485. The molecule has 5 heteroatoms. The quantitative estimate of drug-likeness (QED) is 0.800. The van der Waals surface area contributed by atoms with Gasteiger partial charge in [-0.1, -0.05) is 0 Å². The number of hydrogen-bond donors (Lipinski definition) is 1. The molecule has 0 aliphatic heterocycles. The van der Waals surface area contributed by atoms with Crippen LogP contribution in [0.4, 0.5) is 10.1 Å². The summed E-state index contributed by atoms with van der Waals surface area (Å²) in [5.41, 5.74) is 0.472. The van der Waals surface area contributed by atoms with E-state index in [9.17, 15) is 4.39 Å². The van der Waals surface area contributed by atoms with Crippen LogP contribution in [0.2, 0.25) is 0 Å². The number of rotatable bonds is 6. The number of anilines is 1. The van der Waals surface area contributed by atoms with E-state index < -0.39 is 0 Å². The Balaban J connectivity index is 1.82. The molecule has 96 valence electrons. The van der Waals surface area contributed by atoms with E-state index in [-0.39, 0.29) is 5.82 Å². The van der Waals surface area contributed by atoms with E-state index >= 15 is 0 Å². The largest absolute Gasteiger partial charge is 0.497 e. The molecule has 0 aliphatic carbocycles. The zero-order valence-electron chi connectivity index (χ0n) is 10.3. The van der Waals surface area contributed by atoms with Gasteiger partial charge in [0.1, 0.15) is 11.6 Å². The van der Waals surface area contributed by atoms with Crippen LogP contribution in [0.1, 0.15) is 6.42 Å². The lowest BCUT2D eigenvalue weighted by molar-refractivity contribution is 0.414. The van der Waals surface area contributed by atoms with Crippen molar-refractivity contribution in [3.8, 4) is 5.75 Å². The predicted molar refractivity (Wildman–Crippen MR) is 68.3 cm³/mol. The molecule has 2 aromatic rings. The highest BCUT2D eigenvalue weighted by Crippen LogP contribution is 2.20. The van der Waals surface area contributed by atoms with Gasteiger partial charge in [-0.2, -0.15) is 0 Å². The molecule has 0 fully saturated rings. The Morgan fingerprint density at radius 2 is 2.33 bits per heavy atom. The number of imidazole rings is 1. The van der Waals surface area contributed by atoms with E-state index in [0.29, 0.717) is 18.0 Å². The molecule has 0 spiro atoms. The van der Waals surface area contributed by atoms with Crippen LogP contribution in [0.5, 0.6) is 5.75 Å². The summed E-state index contributed by atoms with van der Waals surface area (Å²) in [7, 11) is 1.57. The zero-order chi connectivity index (χ0) is 12.8. The van der Waals surface area contributed by atoms with E-state index in [1.165, 1.54) is 6.07 Å². The second-order valence-corrected chi connectivity index (χ2v) is 3.93. The monoisotopic (exact) mass is 249 g/mol. The lowest BCUT2D eigenvalue weighted by Gasteiger charge is -2.09. The maximum absolute atomic E-state index is 13.5. The highest BCUT2D eigenvalue weighted by molar-refractivity contribution is 5.49. The number of nitrogens with zero attached hydrogens (tertiary/aromatic N) is 2. The van der Waals surface area contributed by atoms with Crippen molar-refractivity contribution in [2.45, 2.75) is 13.0 Å². The predicted octanol–water partition coefficient (Wildman–Crippen LogP) is 2.53. The molecule has 0 saturated carbocycles. The first-order chi connectivity index (χ1) is 8.79. The number of halogens is 1. The standard InChI is InChI=1S/C13H16FN3O/c1-18-11-3-4-12(14)13(9-11)16-5-2-7-17-8-6-15-10-17/h3-4,6,8-10,16H,2,5,7H2,1H3. The molecule has 0 aliphatic rings. The van der Waals surface area contributed by atoms with Crippen LogP contribution < -0.4 is 10.1 Å². The number of aryl methyl sites for hydroxylation is 1. The first-order valence-electron chi connectivity index (χ1n) is 5.83. The van der Waals surface area contributed by atoms with Crippen molar-refractivity contribution < 1.29 is 9.13 Å². The van der Waals surface area contributed by atoms with E-state index in [2.05, 4.69) is 10.3 Å². The van der Waals surface area contributed by atoms with Gasteiger partial charge < -0.3 is 14.6 Å². The van der Waals surface area contributed by atoms with E-state index in [4.69, 9.17) is 4.74 Å². The molecule has 1 aromatic carbocycles. The van der Waals surface area contributed by atoms with Crippen molar-refractivity contribution in [2.24, 2.45) is 0 Å². The summed E-state index contributed by atoms with van der Waals surface area (Å²) in [6.45, 7) is 1.56. The number of aromatic nitrogens is 2. The van der Waals surface area contributed by atoms with Gasteiger partial charge in [-0.05, 0) is 18.6 Å². The summed E-state index contributed by atoms with van der Waals surface area (Å²) in [4.78, 5) is 3.96. The van der Waals surface area contributed by atoms with Gasteiger partial charge in [0.25, 0.3) is 0 Å². The SMILES string of the molecule is COc1ccc(F)c(NCCCn2ccnc2)c1. The molecule has 0 bridgehead atoms. The highest BCUT2D eigenvalue weighted by Gasteiger charge is 2.03. The molecular formula is C13H16FN3O. The molecule has 0 unspecified atom stereocenters. The van der Waals surface area contributed by atoms with E-state index in [1.807, 2.05) is 10.8 Å². The van der Waals surface area contributed by atoms with Crippen molar-refractivity contribution in [3.05, 3.63) is 42.7 Å².